The van der Waals surface area contributed by atoms with Gasteiger partial charge in [0.25, 0.3) is 0 Å². The van der Waals surface area contributed by atoms with Gasteiger partial charge in [0, 0.05) is 39.1 Å². The van der Waals surface area contributed by atoms with Crippen LogP contribution in [0, 0.1) is 0 Å². The van der Waals surface area contributed by atoms with Gasteiger partial charge in [-0.3, -0.25) is 4.79 Å². The number of hydrogen-bond acceptors (Lipinski definition) is 2. The van der Waals surface area contributed by atoms with Crippen LogP contribution in [0.25, 0.3) is 0 Å². The Bertz CT molecular complexity index is 441. The quantitative estimate of drug-likeness (QED) is 0.532. The molecule has 1 aromatic heterocycles. The van der Waals surface area contributed by atoms with Crippen LogP contribution in [0.3, 0.4) is 0 Å². The minimum atomic E-state index is 0.189. The molecule has 0 radical (unpaired) electrons. The molecule has 0 saturated carbocycles. The smallest absolute Gasteiger partial charge is 0.207 e. The number of aryl methyl sites for hydroxylation is 2. The van der Waals surface area contributed by atoms with E-state index in [0.29, 0.717) is 0 Å². The van der Waals surface area contributed by atoms with Crippen molar-refractivity contribution in [2.24, 2.45) is 7.05 Å². The second-order valence-electron chi connectivity index (χ2n) is 4.60. The average Bonchev–Trinajstić information content (AvgIpc) is 2.49. The Kier molecular flexibility index (Phi) is 2.86. The predicted molar refractivity (Wildman–Crippen MR) is 64.5 cm³/mol. The number of carbonyl (C=O) groups is 1. The highest BCUT2D eigenvalue weighted by atomic mass is 16.1. The van der Waals surface area contributed by atoms with E-state index in [-0.39, 0.29) is 5.78 Å². The Morgan fingerprint density at radius 1 is 1.38 bits per heavy atom. The van der Waals surface area contributed by atoms with Gasteiger partial charge in [0.2, 0.25) is 5.78 Å². The molecule has 0 bridgehead atoms. The van der Waals surface area contributed by atoms with Crippen LogP contribution in [0.5, 0.6) is 0 Å². The Hall–Kier alpha value is -1.51. The molecular weight excluding hydrogens is 200 g/mol. The summed E-state index contributed by atoms with van der Waals surface area (Å²) >= 11 is 0. The monoisotopic (exact) mass is 218 g/mol. The van der Waals surface area contributed by atoms with Gasteiger partial charge in [-0.2, -0.15) is 0 Å². The number of rotatable bonds is 1. The molecule has 86 valence electrons. The Morgan fingerprint density at radius 2 is 2.12 bits per heavy atom. The summed E-state index contributed by atoms with van der Waals surface area (Å²) in [5.41, 5.74) is 2.98. The maximum atomic E-state index is 12.3. The largest absolute Gasteiger partial charge is 0.383 e. The highest BCUT2D eigenvalue weighted by Crippen LogP contribution is 2.24. The molecule has 2 rings (SSSR count). The maximum Gasteiger partial charge on any atom is 0.207 e. The van der Waals surface area contributed by atoms with Crippen molar-refractivity contribution in [3.05, 3.63) is 35.3 Å². The summed E-state index contributed by atoms with van der Waals surface area (Å²) in [6.07, 6.45) is 6.87. The standard InChI is InChI=1S/C13H18N2O/c1-14(2)9-11-6-4-5-10-7-8-15(3)12(10)13(11)16/h7-9H,4-6H2,1-3H3. The van der Waals surface area contributed by atoms with Gasteiger partial charge in [-0.1, -0.05) is 0 Å². The van der Waals surface area contributed by atoms with Crippen molar-refractivity contribution in [1.29, 1.82) is 0 Å². The number of aromatic nitrogens is 1. The first-order valence-electron chi connectivity index (χ1n) is 5.65. The molecule has 0 aromatic carbocycles. The van der Waals surface area contributed by atoms with E-state index in [1.54, 1.807) is 0 Å². The van der Waals surface area contributed by atoms with Gasteiger partial charge in [-0.15, -0.1) is 0 Å². The van der Waals surface area contributed by atoms with Crippen LogP contribution < -0.4 is 0 Å². The van der Waals surface area contributed by atoms with E-state index in [0.717, 1.165) is 30.5 Å². The van der Waals surface area contributed by atoms with Crippen LogP contribution in [0.4, 0.5) is 0 Å². The highest BCUT2D eigenvalue weighted by Gasteiger charge is 2.22. The first-order chi connectivity index (χ1) is 7.59. The van der Waals surface area contributed by atoms with E-state index in [4.69, 9.17) is 0 Å². The number of Topliss-reactive ketones (excluding diaryl/α,β-unsaturated/α-hetero) is 1. The third kappa shape index (κ3) is 1.90. The summed E-state index contributed by atoms with van der Waals surface area (Å²) in [6.45, 7) is 0. The zero-order chi connectivity index (χ0) is 11.7. The van der Waals surface area contributed by atoms with E-state index in [1.807, 2.05) is 43.0 Å². The van der Waals surface area contributed by atoms with Crippen molar-refractivity contribution in [3.63, 3.8) is 0 Å². The van der Waals surface area contributed by atoms with Crippen molar-refractivity contribution in [2.45, 2.75) is 19.3 Å². The topological polar surface area (TPSA) is 25.2 Å². The van der Waals surface area contributed by atoms with Crippen LogP contribution >= 0.6 is 0 Å². The fourth-order valence-electron chi connectivity index (χ4n) is 2.26. The van der Waals surface area contributed by atoms with Gasteiger partial charge in [0.05, 0.1) is 5.69 Å². The molecule has 0 amide bonds. The zero-order valence-electron chi connectivity index (χ0n) is 10.2. The van der Waals surface area contributed by atoms with Gasteiger partial charge in [-0.25, -0.2) is 0 Å². The zero-order valence-corrected chi connectivity index (χ0v) is 10.2. The summed E-state index contributed by atoms with van der Waals surface area (Å²) in [7, 11) is 5.85. The second kappa shape index (κ2) is 4.16. The van der Waals surface area contributed by atoms with Crippen LogP contribution in [0.2, 0.25) is 0 Å². The lowest BCUT2D eigenvalue weighted by molar-refractivity contribution is 0.102. The Balaban J connectivity index is 2.44. The van der Waals surface area contributed by atoms with Crippen molar-refractivity contribution in [3.8, 4) is 0 Å². The molecule has 0 aliphatic heterocycles. The molecule has 3 heteroatoms. The average molecular weight is 218 g/mol. The summed E-state index contributed by atoms with van der Waals surface area (Å²) in [5, 5.41) is 0. The molecule has 0 unspecified atom stereocenters. The van der Waals surface area contributed by atoms with Gasteiger partial charge >= 0.3 is 0 Å². The van der Waals surface area contributed by atoms with E-state index in [1.165, 1.54) is 5.56 Å². The van der Waals surface area contributed by atoms with Gasteiger partial charge < -0.3 is 9.47 Å². The minimum absolute atomic E-state index is 0.189. The van der Waals surface area contributed by atoms with E-state index in [2.05, 4.69) is 6.07 Å². The lowest BCUT2D eigenvalue weighted by atomic mass is 10.1. The van der Waals surface area contributed by atoms with Gasteiger partial charge in [0.1, 0.15) is 0 Å². The molecular formula is C13H18N2O. The lowest BCUT2D eigenvalue weighted by Gasteiger charge is -2.10. The van der Waals surface area contributed by atoms with Crippen LogP contribution in [-0.4, -0.2) is 29.3 Å². The molecule has 0 spiro atoms. The number of nitrogens with zero attached hydrogens (tertiary/aromatic N) is 2. The molecule has 3 nitrogen and oxygen atoms in total. The molecule has 1 heterocycles. The van der Waals surface area contributed by atoms with Crippen molar-refractivity contribution in [2.75, 3.05) is 14.1 Å². The molecule has 0 saturated heterocycles. The van der Waals surface area contributed by atoms with E-state index >= 15 is 0 Å². The van der Waals surface area contributed by atoms with Gasteiger partial charge in [-0.05, 0) is 30.9 Å². The third-order valence-corrected chi connectivity index (χ3v) is 2.97. The number of carbonyl (C=O) groups excluding carboxylic acids is 1. The van der Waals surface area contributed by atoms with Crippen molar-refractivity contribution < 1.29 is 4.79 Å². The molecule has 1 aliphatic rings. The first-order valence-corrected chi connectivity index (χ1v) is 5.65. The molecule has 0 N–H and O–H groups in total. The fourth-order valence-corrected chi connectivity index (χ4v) is 2.26. The number of hydrogen-bond donors (Lipinski definition) is 0. The van der Waals surface area contributed by atoms with E-state index in [9.17, 15) is 4.79 Å². The van der Waals surface area contributed by atoms with Crippen LogP contribution in [0.1, 0.15) is 28.9 Å². The van der Waals surface area contributed by atoms with E-state index < -0.39 is 0 Å². The first kappa shape index (κ1) is 11.0. The van der Waals surface area contributed by atoms with Crippen molar-refractivity contribution >= 4 is 5.78 Å². The van der Waals surface area contributed by atoms with Crippen LogP contribution in [-0.2, 0) is 13.5 Å². The Morgan fingerprint density at radius 3 is 2.81 bits per heavy atom. The normalized spacial score (nSPS) is 18.4. The molecule has 1 aliphatic carbocycles. The summed E-state index contributed by atoms with van der Waals surface area (Å²) < 4.78 is 1.94. The fraction of sp³-hybridized carbons (Fsp3) is 0.462. The minimum Gasteiger partial charge on any atom is -0.383 e. The molecule has 0 atom stereocenters. The summed E-state index contributed by atoms with van der Waals surface area (Å²) in [5.74, 6) is 0.189. The molecule has 1 aromatic rings. The maximum absolute atomic E-state index is 12.3. The predicted octanol–water partition coefficient (Wildman–Crippen LogP) is 1.99. The molecule has 0 fully saturated rings. The van der Waals surface area contributed by atoms with Gasteiger partial charge in [0.15, 0.2) is 0 Å². The van der Waals surface area contributed by atoms with Crippen LogP contribution in [0.15, 0.2) is 24.0 Å². The third-order valence-electron chi connectivity index (χ3n) is 2.97. The number of allylic oxidation sites excluding steroid dienone is 1. The second-order valence-corrected chi connectivity index (χ2v) is 4.60. The number of ketones is 1. The lowest BCUT2D eigenvalue weighted by Crippen LogP contribution is -2.12. The summed E-state index contributed by atoms with van der Waals surface area (Å²) in [4.78, 5) is 14.3. The molecule has 16 heavy (non-hydrogen) atoms. The summed E-state index contributed by atoms with van der Waals surface area (Å²) in [6, 6.07) is 2.06. The SMILES string of the molecule is CN(C)C=C1CCCc2ccn(C)c2C1=O. The highest BCUT2D eigenvalue weighted by molar-refractivity contribution is 6.08. The number of fused-ring (bicyclic) bond motifs is 1. The Labute approximate surface area is 96.4 Å². The van der Waals surface area contributed by atoms with Crippen molar-refractivity contribution in [1.82, 2.24) is 9.47 Å².